The number of rotatable bonds is 5. The lowest BCUT2D eigenvalue weighted by atomic mass is 10.1. The molecule has 9 nitrogen and oxygen atoms in total. The fourth-order valence-electron chi connectivity index (χ4n) is 3.31. The standard InChI is InChI=1S/C20H17F2N5O4S/c1-26-19(28)13-8-12(2-4-16(13)24-20(26)29)31-18-14(9-23)17(5-3-15(18)22)25-32(30)27-7-6-11(21)10-27/h2-5,8,11,25H,6-7,10H2,1H3,(H,24,29). The molecule has 12 heteroatoms. The average Bonchev–Trinajstić information content (AvgIpc) is 3.21. The lowest BCUT2D eigenvalue weighted by molar-refractivity contribution is 0.347. The molecule has 32 heavy (non-hydrogen) atoms. The third-order valence-electron chi connectivity index (χ3n) is 5.04. The van der Waals surface area contributed by atoms with Crippen molar-refractivity contribution in [3.05, 3.63) is 62.6 Å². The summed E-state index contributed by atoms with van der Waals surface area (Å²) in [6.07, 6.45) is -0.831. The molecule has 3 aromatic rings. The Balaban J connectivity index is 1.69. The minimum atomic E-state index is -1.83. The van der Waals surface area contributed by atoms with E-state index in [0.717, 1.165) is 10.6 Å². The number of aromatic nitrogens is 2. The van der Waals surface area contributed by atoms with Crippen LogP contribution in [0, 0.1) is 17.1 Å². The molecule has 1 saturated heterocycles. The van der Waals surface area contributed by atoms with E-state index >= 15 is 0 Å². The zero-order valence-electron chi connectivity index (χ0n) is 16.7. The fraction of sp³-hybridized carbons (Fsp3) is 0.250. The van der Waals surface area contributed by atoms with E-state index in [9.17, 15) is 27.8 Å². The second kappa shape index (κ2) is 8.52. The van der Waals surface area contributed by atoms with Gasteiger partial charge in [0.25, 0.3) is 5.56 Å². The zero-order valence-corrected chi connectivity index (χ0v) is 17.5. The van der Waals surface area contributed by atoms with E-state index < -0.39 is 40.2 Å². The number of nitrogens with one attached hydrogen (secondary N) is 2. The van der Waals surface area contributed by atoms with Crippen LogP contribution in [0.3, 0.4) is 0 Å². The SMILES string of the molecule is Cn1c(=O)[nH]c2ccc(Oc3c(F)ccc(NS(=O)N4CCC(F)C4)c3C#N)cc2c1=O. The molecule has 4 rings (SSSR count). The van der Waals surface area contributed by atoms with Crippen molar-refractivity contribution in [1.82, 2.24) is 13.9 Å². The quantitative estimate of drug-likeness (QED) is 0.603. The number of ether oxygens (including phenoxy) is 1. The van der Waals surface area contributed by atoms with Gasteiger partial charge in [-0.15, -0.1) is 0 Å². The lowest BCUT2D eigenvalue weighted by Crippen LogP contribution is -2.32. The topological polar surface area (TPSA) is 120 Å². The molecular weight excluding hydrogens is 444 g/mol. The van der Waals surface area contributed by atoms with Gasteiger partial charge < -0.3 is 9.72 Å². The second-order valence-electron chi connectivity index (χ2n) is 7.14. The highest BCUT2D eigenvalue weighted by Gasteiger charge is 2.27. The molecule has 166 valence electrons. The summed E-state index contributed by atoms with van der Waals surface area (Å²) in [5, 5.41) is 9.74. The van der Waals surface area contributed by atoms with Crippen LogP contribution >= 0.6 is 0 Å². The Morgan fingerprint density at radius 3 is 2.78 bits per heavy atom. The van der Waals surface area contributed by atoms with Crippen LogP contribution in [0.1, 0.15) is 12.0 Å². The Morgan fingerprint density at radius 1 is 1.31 bits per heavy atom. The molecule has 2 N–H and O–H groups in total. The van der Waals surface area contributed by atoms with Gasteiger partial charge in [-0.25, -0.2) is 22.1 Å². The van der Waals surface area contributed by atoms with Crippen molar-refractivity contribution in [2.75, 3.05) is 17.8 Å². The van der Waals surface area contributed by atoms with Crippen LogP contribution in [-0.2, 0) is 18.2 Å². The molecule has 1 aliphatic rings. The van der Waals surface area contributed by atoms with Crippen molar-refractivity contribution in [1.29, 1.82) is 5.26 Å². The van der Waals surface area contributed by atoms with Crippen molar-refractivity contribution in [2.45, 2.75) is 12.6 Å². The third-order valence-corrected chi connectivity index (χ3v) is 6.23. The maximum Gasteiger partial charge on any atom is 0.328 e. The molecular formula is C20H17F2N5O4S. The fourth-order valence-corrected chi connectivity index (χ4v) is 4.37. The highest BCUT2D eigenvalue weighted by atomic mass is 32.2. The Hall–Kier alpha value is -3.56. The lowest BCUT2D eigenvalue weighted by Gasteiger charge is -2.17. The van der Waals surface area contributed by atoms with Crippen molar-refractivity contribution >= 4 is 27.8 Å². The normalized spacial score (nSPS) is 17.2. The Bertz CT molecular complexity index is 1400. The number of anilines is 1. The van der Waals surface area contributed by atoms with E-state index in [2.05, 4.69) is 9.71 Å². The van der Waals surface area contributed by atoms with Crippen LogP contribution in [0.15, 0.2) is 39.9 Å². The molecule has 1 fully saturated rings. The van der Waals surface area contributed by atoms with E-state index in [0.29, 0.717) is 0 Å². The molecule has 2 atom stereocenters. The summed E-state index contributed by atoms with van der Waals surface area (Å²) in [6, 6.07) is 8.25. The van der Waals surface area contributed by atoms with Crippen molar-refractivity contribution in [2.24, 2.45) is 7.05 Å². The molecule has 0 radical (unpaired) electrons. The van der Waals surface area contributed by atoms with Gasteiger partial charge in [0.05, 0.1) is 16.6 Å². The van der Waals surface area contributed by atoms with Gasteiger partial charge in [-0.2, -0.15) is 5.26 Å². The molecule has 2 unspecified atom stereocenters. The van der Waals surface area contributed by atoms with E-state index in [1.165, 1.54) is 35.6 Å². The highest BCUT2D eigenvalue weighted by molar-refractivity contribution is 7.84. The van der Waals surface area contributed by atoms with Gasteiger partial charge in [0.2, 0.25) is 0 Å². The molecule has 0 bridgehead atoms. The van der Waals surface area contributed by atoms with E-state index in [-0.39, 0.29) is 47.4 Å². The van der Waals surface area contributed by atoms with Gasteiger partial charge in [0.1, 0.15) is 23.6 Å². The maximum atomic E-state index is 14.5. The number of nitriles is 1. The first-order valence-electron chi connectivity index (χ1n) is 9.49. The van der Waals surface area contributed by atoms with Gasteiger partial charge in [-0.1, -0.05) is 0 Å². The van der Waals surface area contributed by atoms with Gasteiger partial charge in [0.15, 0.2) is 22.7 Å². The van der Waals surface area contributed by atoms with Gasteiger partial charge >= 0.3 is 5.69 Å². The number of fused-ring (bicyclic) bond motifs is 1. The number of benzene rings is 2. The molecule has 2 aromatic carbocycles. The van der Waals surface area contributed by atoms with Crippen LogP contribution in [0.25, 0.3) is 10.9 Å². The monoisotopic (exact) mass is 461 g/mol. The maximum absolute atomic E-state index is 14.5. The Kier molecular flexibility index (Phi) is 5.77. The summed E-state index contributed by atoms with van der Waals surface area (Å²) in [4.78, 5) is 26.6. The first kappa shape index (κ1) is 21.7. The van der Waals surface area contributed by atoms with Gasteiger partial charge in [-0.05, 0) is 36.8 Å². The molecule has 0 amide bonds. The molecule has 1 aromatic heterocycles. The molecule has 1 aliphatic heterocycles. The molecule has 2 heterocycles. The Labute approximate surface area is 182 Å². The van der Waals surface area contributed by atoms with E-state index in [4.69, 9.17) is 4.74 Å². The average molecular weight is 461 g/mol. The van der Waals surface area contributed by atoms with Crippen LogP contribution in [0.4, 0.5) is 14.5 Å². The van der Waals surface area contributed by atoms with Crippen LogP contribution in [-0.4, -0.2) is 37.3 Å². The minimum Gasteiger partial charge on any atom is -0.453 e. The molecule has 0 spiro atoms. The number of hydrogen-bond acceptors (Lipinski definition) is 5. The van der Waals surface area contributed by atoms with Crippen LogP contribution in [0.2, 0.25) is 0 Å². The van der Waals surface area contributed by atoms with Crippen LogP contribution < -0.4 is 20.7 Å². The highest BCUT2D eigenvalue weighted by Crippen LogP contribution is 2.34. The summed E-state index contributed by atoms with van der Waals surface area (Å²) < 4.78 is 50.9. The van der Waals surface area contributed by atoms with Gasteiger partial charge in [-0.3, -0.25) is 14.1 Å². The minimum absolute atomic E-state index is 0.0137. The number of H-pyrrole nitrogens is 1. The predicted molar refractivity (Wildman–Crippen MR) is 114 cm³/mol. The number of aromatic amines is 1. The van der Waals surface area contributed by atoms with Crippen molar-refractivity contribution < 1.29 is 17.7 Å². The smallest absolute Gasteiger partial charge is 0.328 e. The number of alkyl halides is 1. The first-order chi connectivity index (χ1) is 15.3. The third kappa shape index (κ3) is 4.00. The summed E-state index contributed by atoms with van der Waals surface area (Å²) in [7, 11) is 1.31. The largest absolute Gasteiger partial charge is 0.453 e. The van der Waals surface area contributed by atoms with Gasteiger partial charge in [0, 0.05) is 20.1 Å². The first-order valence-corrected chi connectivity index (χ1v) is 10.6. The summed E-state index contributed by atoms with van der Waals surface area (Å²) in [5.41, 5.74) is -1.08. The predicted octanol–water partition coefficient (Wildman–Crippen LogP) is 2.06. The summed E-state index contributed by atoms with van der Waals surface area (Å²) in [5.74, 6) is -1.23. The second-order valence-corrected chi connectivity index (χ2v) is 8.36. The molecule has 0 saturated carbocycles. The summed E-state index contributed by atoms with van der Waals surface area (Å²) >= 11 is -1.83. The van der Waals surface area contributed by atoms with E-state index in [1.807, 2.05) is 6.07 Å². The summed E-state index contributed by atoms with van der Waals surface area (Å²) in [6.45, 7) is 0.265. The van der Waals surface area contributed by atoms with Crippen molar-refractivity contribution in [3.63, 3.8) is 0 Å². The number of nitrogens with zero attached hydrogens (tertiary/aromatic N) is 3. The van der Waals surface area contributed by atoms with Crippen LogP contribution in [0.5, 0.6) is 11.5 Å². The van der Waals surface area contributed by atoms with Crippen molar-refractivity contribution in [3.8, 4) is 17.6 Å². The number of halogens is 2. The van der Waals surface area contributed by atoms with E-state index in [1.54, 1.807) is 0 Å². The molecule has 0 aliphatic carbocycles. The Morgan fingerprint density at radius 2 is 2.09 bits per heavy atom. The number of hydrogen-bond donors (Lipinski definition) is 2. The zero-order chi connectivity index (χ0) is 23.0.